The Morgan fingerprint density at radius 3 is 2.26 bits per heavy atom. The third-order valence-corrected chi connectivity index (χ3v) is 7.03. The van der Waals surface area contributed by atoms with Gasteiger partial charge in [-0.2, -0.15) is 0 Å². The van der Waals surface area contributed by atoms with Gasteiger partial charge in [0.25, 0.3) is 0 Å². The number of carboxylic acids is 1. The van der Waals surface area contributed by atoms with Gasteiger partial charge < -0.3 is 25.6 Å². The highest BCUT2D eigenvalue weighted by atomic mass is 16.5. The Morgan fingerprint density at radius 2 is 1.60 bits per heavy atom. The molecule has 2 aliphatic rings. The minimum Gasteiger partial charge on any atom is -0.479 e. The third kappa shape index (κ3) is 6.00. The SMILES string of the molecule is O=C(C[C@@H]1CCCC[C@@H]1NC(=O)OCC1c2ccccc2-c2ccccc21)NCC[C@H](O)C(=O)O. The van der Waals surface area contributed by atoms with Crippen molar-refractivity contribution in [3.05, 3.63) is 59.7 Å². The maximum absolute atomic E-state index is 12.7. The van der Waals surface area contributed by atoms with Gasteiger partial charge in [-0.1, -0.05) is 61.4 Å². The zero-order chi connectivity index (χ0) is 24.8. The van der Waals surface area contributed by atoms with E-state index >= 15 is 0 Å². The predicted octanol–water partition coefficient (Wildman–Crippen LogP) is 3.43. The van der Waals surface area contributed by atoms with Crippen molar-refractivity contribution in [3.8, 4) is 11.1 Å². The molecule has 2 aromatic carbocycles. The molecule has 3 atom stereocenters. The minimum absolute atomic E-state index is 0.0118. The summed E-state index contributed by atoms with van der Waals surface area (Å²) in [6, 6.07) is 16.2. The summed E-state index contributed by atoms with van der Waals surface area (Å²) >= 11 is 0. The fraction of sp³-hybridized carbons (Fsp3) is 0.444. The molecule has 0 radical (unpaired) electrons. The molecule has 8 nitrogen and oxygen atoms in total. The molecule has 0 aliphatic heterocycles. The smallest absolute Gasteiger partial charge is 0.407 e. The van der Waals surface area contributed by atoms with Crippen LogP contribution in [0, 0.1) is 5.92 Å². The maximum atomic E-state index is 12.7. The van der Waals surface area contributed by atoms with E-state index in [9.17, 15) is 19.5 Å². The first-order valence-electron chi connectivity index (χ1n) is 12.2. The van der Waals surface area contributed by atoms with E-state index in [0.717, 1.165) is 36.8 Å². The number of amides is 2. The molecule has 2 aromatic rings. The Balaban J connectivity index is 1.29. The van der Waals surface area contributed by atoms with Crippen LogP contribution in [0.5, 0.6) is 0 Å². The van der Waals surface area contributed by atoms with Gasteiger partial charge in [-0.25, -0.2) is 9.59 Å². The van der Waals surface area contributed by atoms with Gasteiger partial charge in [0, 0.05) is 31.3 Å². The largest absolute Gasteiger partial charge is 0.479 e. The number of carbonyl (C=O) groups excluding carboxylic acids is 2. The van der Waals surface area contributed by atoms with E-state index in [1.165, 1.54) is 11.1 Å². The summed E-state index contributed by atoms with van der Waals surface area (Å²) in [5.41, 5.74) is 4.65. The Kier molecular flexibility index (Phi) is 8.02. The van der Waals surface area contributed by atoms with E-state index in [-0.39, 0.29) is 49.8 Å². The highest BCUT2D eigenvalue weighted by Crippen LogP contribution is 2.44. The average Bonchev–Trinajstić information content (AvgIpc) is 3.17. The van der Waals surface area contributed by atoms with E-state index < -0.39 is 18.2 Å². The first-order chi connectivity index (χ1) is 16.9. The second-order valence-electron chi connectivity index (χ2n) is 9.32. The number of hydrogen-bond acceptors (Lipinski definition) is 5. The number of alkyl carbamates (subject to hydrolysis) is 1. The molecule has 35 heavy (non-hydrogen) atoms. The van der Waals surface area contributed by atoms with Crippen molar-refractivity contribution in [2.75, 3.05) is 13.2 Å². The van der Waals surface area contributed by atoms with Crippen LogP contribution in [0.4, 0.5) is 4.79 Å². The van der Waals surface area contributed by atoms with Crippen molar-refractivity contribution in [3.63, 3.8) is 0 Å². The Labute approximate surface area is 204 Å². The number of fused-ring (bicyclic) bond motifs is 3. The molecule has 0 saturated heterocycles. The molecular weight excluding hydrogens is 448 g/mol. The van der Waals surface area contributed by atoms with Crippen LogP contribution in [-0.4, -0.2) is 53.5 Å². The molecule has 0 heterocycles. The van der Waals surface area contributed by atoms with Crippen LogP contribution in [-0.2, 0) is 14.3 Å². The number of carboxylic acid groups (broad SMARTS) is 1. The van der Waals surface area contributed by atoms with Gasteiger partial charge >= 0.3 is 12.1 Å². The molecule has 1 saturated carbocycles. The number of nitrogens with one attached hydrogen (secondary N) is 2. The lowest BCUT2D eigenvalue weighted by Gasteiger charge is -2.31. The van der Waals surface area contributed by atoms with Gasteiger partial charge in [0.2, 0.25) is 5.91 Å². The van der Waals surface area contributed by atoms with Gasteiger partial charge in [0.1, 0.15) is 6.61 Å². The first-order valence-corrected chi connectivity index (χ1v) is 12.2. The van der Waals surface area contributed by atoms with Gasteiger partial charge in [-0.15, -0.1) is 0 Å². The number of carbonyl (C=O) groups is 3. The standard InChI is InChI=1S/C27H32N2O6/c30-24(26(32)33)13-14-28-25(31)15-17-7-1-6-12-23(17)29-27(34)35-16-22-20-10-4-2-8-18(20)19-9-3-5-11-21(19)22/h2-5,8-11,17,22-24,30H,1,6-7,12-16H2,(H,28,31)(H,29,34)(H,32,33)/t17-,23-,24-/m0/s1. The molecular formula is C27H32N2O6. The van der Waals surface area contributed by atoms with E-state index in [4.69, 9.17) is 9.84 Å². The van der Waals surface area contributed by atoms with Crippen LogP contribution in [0.3, 0.4) is 0 Å². The Hall–Kier alpha value is -3.39. The fourth-order valence-electron chi connectivity index (χ4n) is 5.22. The van der Waals surface area contributed by atoms with Crippen LogP contribution in [0.15, 0.2) is 48.5 Å². The molecule has 4 rings (SSSR count). The topological polar surface area (TPSA) is 125 Å². The van der Waals surface area contributed by atoms with Crippen molar-refractivity contribution >= 4 is 18.0 Å². The Bertz CT molecular complexity index is 1030. The summed E-state index contributed by atoms with van der Waals surface area (Å²) < 4.78 is 5.68. The summed E-state index contributed by atoms with van der Waals surface area (Å²) in [5, 5.41) is 23.7. The number of aliphatic carboxylic acids is 1. The van der Waals surface area contributed by atoms with Gasteiger partial charge in [-0.05, 0) is 41.0 Å². The summed E-state index contributed by atoms with van der Waals surface area (Å²) in [7, 11) is 0. The second kappa shape index (κ2) is 11.4. The first kappa shape index (κ1) is 24.7. The van der Waals surface area contributed by atoms with Gasteiger partial charge in [0.05, 0.1) is 0 Å². The molecule has 8 heteroatoms. The number of aliphatic hydroxyl groups excluding tert-OH is 1. The summed E-state index contributed by atoms with van der Waals surface area (Å²) in [5.74, 6) is -1.55. The maximum Gasteiger partial charge on any atom is 0.407 e. The lowest BCUT2D eigenvalue weighted by atomic mass is 9.82. The van der Waals surface area contributed by atoms with E-state index in [0.29, 0.717) is 0 Å². The predicted molar refractivity (Wildman–Crippen MR) is 130 cm³/mol. The number of aliphatic hydroxyl groups is 1. The van der Waals surface area contributed by atoms with Crippen molar-refractivity contribution in [1.82, 2.24) is 10.6 Å². The molecule has 186 valence electrons. The molecule has 2 amide bonds. The van der Waals surface area contributed by atoms with Crippen LogP contribution in [0.1, 0.15) is 55.6 Å². The number of rotatable bonds is 9. The van der Waals surface area contributed by atoms with Crippen molar-refractivity contribution in [2.24, 2.45) is 5.92 Å². The normalized spacial score (nSPS) is 19.8. The van der Waals surface area contributed by atoms with Crippen molar-refractivity contribution < 1.29 is 29.3 Å². The van der Waals surface area contributed by atoms with Crippen molar-refractivity contribution in [1.29, 1.82) is 0 Å². The number of ether oxygens (including phenoxy) is 1. The molecule has 2 aliphatic carbocycles. The summed E-state index contributed by atoms with van der Waals surface area (Å²) in [4.78, 5) is 35.7. The monoisotopic (exact) mass is 480 g/mol. The third-order valence-electron chi connectivity index (χ3n) is 7.03. The zero-order valence-corrected chi connectivity index (χ0v) is 19.6. The van der Waals surface area contributed by atoms with E-state index in [2.05, 4.69) is 34.9 Å². The molecule has 4 N–H and O–H groups in total. The van der Waals surface area contributed by atoms with Crippen LogP contribution in [0.25, 0.3) is 11.1 Å². The van der Waals surface area contributed by atoms with Crippen LogP contribution >= 0.6 is 0 Å². The lowest BCUT2D eigenvalue weighted by Crippen LogP contribution is -2.44. The average molecular weight is 481 g/mol. The van der Waals surface area contributed by atoms with Crippen LogP contribution < -0.4 is 10.6 Å². The van der Waals surface area contributed by atoms with Gasteiger partial charge in [0.15, 0.2) is 6.10 Å². The fourth-order valence-corrected chi connectivity index (χ4v) is 5.22. The van der Waals surface area contributed by atoms with Gasteiger partial charge in [-0.3, -0.25) is 4.79 Å². The number of hydrogen-bond donors (Lipinski definition) is 4. The highest BCUT2D eigenvalue weighted by Gasteiger charge is 2.31. The molecule has 0 aromatic heterocycles. The minimum atomic E-state index is -1.49. The second-order valence-corrected chi connectivity index (χ2v) is 9.32. The Morgan fingerprint density at radius 1 is 0.971 bits per heavy atom. The summed E-state index contributed by atoms with van der Waals surface area (Å²) in [6.07, 6.45) is 1.77. The van der Waals surface area contributed by atoms with E-state index in [1.54, 1.807) is 0 Å². The van der Waals surface area contributed by atoms with E-state index in [1.807, 2.05) is 24.3 Å². The van der Waals surface area contributed by atoms with Crippen molar-refractivity contribution in [2.45, 2.75) is 56.6 Å². The lowest BCUT2D eigenvalue weighted by molar-refractivity contribution is -0.147. The number of benzene rings is 2. The zero-order valence-electron chi connectivity index (χ0n) is 19.6. The molecule has 0 bridgehead atoms. The molecule has 1 fully saturated rings. The summed E-state index contributed by atoms with van der Waals surface area (Å²) in [6.45, 7) is 0.327. The van der Waals surface area contributed by atoms with Crippen LogP contribution in [0.2, 0.25) is 0 Å². The highest BCUT2D eigenvalue weighted by molar-refractivity contribution is 5.79. The molecule has 0 spiro atoms. The quantitative estimate of drug-likeness (QED) is 0.436. The molecule has 0 unspecified atom stereocenters.